The van der Waals surface area contributed by atoms with Crippen molar-refractivity contribution in [3.05, 3.63) is 77.7 Å². The number of benzene rings is 2. The highest BCUT2D eigenvalue weighted by molar-refractivity contribution is 6.03. The van der Waals surface area contributed by atoms with Crippen LogP contribution < -0.4 is 15.0 Å². The van der Waals surface area contributed by atoms with Crippen molar-refractivity contribution in [1.82, 2.24) is 9.97 Å². The maximum atomic E-state index is 12.7. The summed E-state index contributed by atoms with van der Waals surface area (Å²) < 4.78 is 5.78. The molecule has 1 aromatic heterocycles. The van der Waals surface area contributed by atoms with Crippen molar-refractivity contribution in [2.45, 2.75) is 27.4 Å². The zero-order valence-corrected chi connectivity index (χ0v) is 17.1. The van der Waals surface area contributed by atoms with Crippen molar-refractivity contribution in [2.24, 2.45) is 0 Å². The van der Waals surface area contributed by atoms with Gasteiger partial charge in [-0.05, 0) is 50.6 Å². The first kappa shape index (κ1) is 20.3. The van der Waals surface area contributed by atoms with Gasteiger partial charge in [-0.15, -0.1) is 0 Å². The number of nitrogens with zero attached hydrogens (tertiary/aromatic N) is 3. The predicted molar refractivity (Wildman–Crippen MR) is 115 cm³/mol. The molecule has 0 fully saturated rings. The molecule has 1 amide bonds. The molecule has 0 saturated carbocycles. The third kappa shape index (κ3) is 5.54. The molecule has 150 valence electrons. The van der Waals surface area contributed by atoms with Crippen LogP contribution in [0.4, 0.5) is 11.5 Å². The van der Waals surface area contributed by atoms with Crippen molar-refractivity contribution < 1.29 is 9.53 Å². The van der Waals surface area contributed by atoms with Gasteiger partial charge in [0.1, 0.15) is 29.7 Å². The first-order valence-corrected chi connectivity index (χ1v) is 9.77. The fourth-order valence-corrected chi connectivity index (χ4v) is 2.95. The van der Waals surface area contributed by atoms with Crippen molar-refractivity contribution in [3.8, 4) is 5.75 Å². The minimum atomic E-state index is -0.262. The van der Waals surface area contributed by atoms with E-state index < -0.39 is 0 Å². The molecule has 1 N–H and O–H groups in total. The Kier molecular flexibility index (Phi) is 6.79. The molecule has 29 heavy (non-hydrogen) atoms. The normalized spacial score (nSPS) is 10.4. The topological polar surface area (TPSA) is 67.4 Å². The summed E-state index contributed by atoms with van der Waals surface area (Å²) in [6, 6.07) is 19.0. The molecule has 6 nitrogen and oxygen atoms in total. The van der Waals surface area contributed by atoms with Crippen LogP contribution in [0.15, 0.2) is 60.7 Å². The minimum Gasteiger partial charge on any atom is -0.489 e. The van der Waals surface area contributed by atoms with Crippen molar-refractivity contribution in [1.29, 1.82) is 0 Å². The third-order valence-electron chi connectivity index (χ3n) is 4.51. The highest BCUT2D eigenvalue weighted by atomic mass is 16.5. The molecule has 0 bridgehead atoms. The monoisotopic (exact) mass is 390 g/mol. The van der Waals surface area contributed by atoms with E-state index in [2.05, 4.69) is 34.0 Å². The lowest BCUT2D eigenvalue weighted by Crippen LogP contribution is -2.24. The number of anilines is 2. The Morgan fingerprint density at radius 2 is 1.69 bits per heavy atom. The fraction of sp³-hybridized carbons (Fsp3) is 0.261. The molecule has 0 aliphatic heterocycles. The van der Waals surface area contributed by atoms with Gasteiger partial charge in [-0.3, -0.25) is 4.79 Å². The Hall–Kier alpha value is -3.41. The summed E-state index contributed by atoms with van der Waals surface area (Å²) in [4.78, 5) is 23.5. The standard InChI is InChI=1S/C23H26N4O2/c1-4-27(5-2)22-15-21(24-17(3)25-22)23(28)26-19-11-13-20(14-12-19)29-16-18-9-7-6-8-10-18/h6-15H,4-5,16H2,1-3H3,(H,26,28). The molecule has 0 aliphatic rings. The Morgan fingerprint density at radius 3 is 2.34 bits per heavy atom. The maximum absolute atomic E-state index is 12.7. The highest BCUT2D eigenvalue weighted by Crippen LogP contribution is 2.19. The molecule has 0 radical (unpaired) electrons. The Morgan fingerprint density at radius 1 is 1.00 bits per heavy atom. The van der Waals surface area contributed by atoms with Crippen LogP contribution in [0.1, 0.15) is 35.7 Å². The van der Waals surface area contributed by atoms with Crippen LogP contribution in [0, 0.1) is 6.92 Å². The third-order valence-corrected chi connectivity index (χ3v) is 4.51. The molecule has 3 aromatic rings. The lowest BCUT2D eigenvalue weighted by atomic mass is 10.2. The molecule has 3 rings (SSSR count). The van der Waals surface area contributed by atoms with E-state index in [1.807, 2.05) is 54.6 Å². The van der Waals surface area contributed by atoms with Gasteiger partial charge in [0.05, 0.1) is 0 Å². The molecule has 2 aromatic carbocycles. The van der Waals surface area contributed by atoms with Gasteiger partial charge in [0, 0.05) is 24.8 Å². The summed E-state index contributed by atoms with van der Waals surface area (Å²) in [7, 11) is 0. The van der Waals surface area contributed by atoms with Crippen LogP contribution in [0.25, 0.3) is 0 Å². The number of amides is 1. The smallest absolute Gasteiger partial charge is 0.274 e. The van der Waals surface area contributed by atoms with Gasteiger partial charge in [-0.2, -0.15) is 0 Å². The average Bonchev–Trinajstić information content (AvgIpc) is 2.74. The number of carbonyl (C=O) groups is 1. The second-order valence-electron chi connectivity index (χ2n) is 6.58. The SMILES string of the molecule is CCN(CC)c1cc(C(=O)Nc2ccc(OCc3ccccc3)cc2)nc(C)n1. The Bertz CT molecular complexity index is 939. The summed E-state index contributed by atoms with van der Waals surface area (Å²) in [6.07, 6.45) is 0. The molecule has 0 saturated heterocycles. The van der Waals surface area contributed by atoms with E-state index in [0.29, 0.717) is 23.8 Å². The van der Waals surface area contributed by atoms with Crippen LogP contribution in [-0.4, -0.2) is 29.0 Å². The van der Waals surface area contributed by atoms with Crippen molar-refractivity contribution in [3.63, 3.8) is 0 Å². The summed E-state index contributed by atoms with van der Waals surface area (Å²) in [5, 5.41) is 2.89. The molecular formula is C23H26N4O2. The van der Waals surface area contributed by atoms with Crippen LogP contribution in [0.5, 0.6) is 5.75 Å². The van der Waals surface area contributed by atoms with E-state index >= 15 is 0 Å². The summed E-state index contributed by atoms with van der Waals surface area (Å²) in [5.74, 6) is 1.82. The molecular weight excluding hydrogens is 364 g/mol. The number of ether oxygens (including phenoxy) is 1. The minimum absolute atomic E-state index is 0.262. The number of nitrogens with one attached hydrogen (secondary N) is 1. The van der Waals surface area contributed by atoms with Gasteiger partial charge in [0.2, 0.25) is 0 Å². The van der Waals surface area contributed by atoms with Gasteiger partial charge in [0.15, 0.2) is 0 Å². The fourth-order valence-electron chi connectivity index (χ4n) is 2.95. The second-order valence-corrected chi connectivity index (χ2v) is 6.58. The highest BCUT2D eigenvalue weighted by Gasteiger charge is 2.13. The Balaban J connectivity index is 1.64. The summed E-state index contributed by atoms with van der Waals surface area (Å²) in [5.41, 5.74) is 2.14. The number of aromatic nitrogens is 2. The van der Waals surface area contributed by atoms with Crippen LogP contribution in [-0.2, 0) is 6.61 Å². The van der Waals surface area contributed by atoms with E-state index in [1.54, 1.807) is 13.0 Å². The van der Waals surface area contributed by atoms with E-state index in [1.165, 1.54) is 0 Å². The molecule has 0 aliphatic carbocycles. The predicted octanol–water partition coefficient (Wildman–Crippen LogP) is 4.46. The number of aryl methyl sites for hydroxylation is 1. The molecule has 1 heterocycles. The number of hydrogen-bond acceptors (Lipinski definition) is 5. The van der Waals surface area contributed by atoms with Gasteiger partial charge >= 0.3 is 0 Å². The summed E-state index contributed by atoms with van der Waals surface area (Å²) >= 11 is 0. The lowest BCUT2D eigenvalue weighted by Gasteiger charge is -2.20. The van der Waals surface area contributed by atoms with Crippen molar-refractivity contribution in [2.75, 3.05) is 23.3 Å². The van der Waals surface area contributed by atoms with Crippen LogP contribution >= 0.6 is 0 Å². The maximum Gasteiger partial charge on any atom is 0.274 e. The zero-order chi connectivity index (χ0) is 20.6. The van der Waals surface area contributed by atoms with Crippen LogP contribution in [0.3, 0.4) is 0 Å². The van der Waals surface area contributed by atoms with Crippen LogP contribution in [0.2, 0.25) is 0 Å². The van der Waals surface area contributed by atoms with Crippen molar-refractivity contribution >= 4 is 17.4 Å². The molecule has 6 heteroatoms. The lowest BCUT2D eigenvalue weighted by molar-refractivity contribution is 0.102. The largest absolute Gasteiger partial charge is 0.489 e. The van der Waals surface area contributed by atoms with E-state index in [-0.39, 0.29) is 5.91 Å². The number of hydrogen-bond donors (Lipinski definition) is 1. The first-order valence-electron chi connectivity index (χ1n) is 9.77. The quantitative estimate of drug-likeness (QED) is 0.615. The molecule has 0 unspecified atom stereocenters. The Labute approximate surface area is 171 Å². The van der Waals surface area contributed by atoms with E-state index in [4.69, 9.17) is 4.74 Å². The van der Waals surface area contributed by atoms with Gasteiger partial charge in [-0.1, -0.05) is 30.3 Å². The zero-order valence-electron chi connectivity index (χ0n) is 17.1. The summed E-state index contributed by atoms with van der Waals surface area (Å²) in [6.45, 7) is 8.05. The van der Waals surface area contributed by atoms with Gasteiger partial charge < -0.3 is 15.0 Å². The second kappa shape index (κ2) is 9.68. The van der Waals surface area contributed by atoms with Gasteiger partial charge in [0.25, 0.3) is 5.91 Å². The molecule has 0 atom stereocenters. The number of carbonyl (C=O) groups excluding carboxylic acids is 1. The first-order chi connectivity index (χ1) is 14.1. The average molecular weight is 390 g/mol. The van der Waals surface area contributed by atoms with E-state index in [0.717, 1.165) is 30.2 Å². The van der Waals surface area contributed by atoms with Gasteiger partial charge in [-0.25, -0.2) is 9.97 Å². The van der Waals surface area contributed by atoms with E-state index in [9.17, 15) is 4.79 Å². The molecule has 0 spiro atoms. The number of rotatable bonds is 8.